The van der Waals surface area contributed by atoms with Crippen LogP contribution in [0.3, 0.4) is 0 Å². The van der Waals surface area contributed by atoms with Crippen LogP contribution in [0.25, 0.3) is 5.52 Å². The fourth-order valence-corrected chi connectivity index (χ4v) is 5.18. The number of benzene rings is 1. The molecule has 2 aromatic heterocycles. The zero-order chi connectivity index (χ0) is 21.5. The number of hydrogen-bond donors (Lipinski definition) is 3. The van der Waals surface area contributed by atoms with Crippen LogP contribution in [0.5, 0.6) is 0 Å². The van der Waals surface area contributed by atoms with Crippen molar-refractivity contribution in [1.82, 2.24) is 24.9 Å². The predicted molar refractivity (Wildman–Crippen MR) is 120 cm³/mol. The minimum atomic E-state index is -0.0249. The summed E-state index contributed by atoms with van der Waals surface area (Å²) in [5, 5.41) is 11.7. The number of carbonyl (C=O) groups is 1. The molecule has 0 radical (unpaired) electrons. The monoisotopic (exact) mass is 439 g/mol. The Morgan fingerprint density at radius 3 is 2.87 bits per heavy atom. The van der Waals surface area contributed by atoms with E-state index in [0.717, 1.165) is 61.4 Å². The van der Waals surface area contributed by atoms with E-state index in [2.05, 4.69) is 26.8 Å². The molecule has 162 valence electrons. The number of nitrogens with two attached hydrogens (primary N) is 1. The molecule has 1 aliphatic heterocycles. The Kier molecular flexibility index (Phi) is 5.17. The maximum Gasteiger partial charge on any atom is 0.216 e. The summed E-state index contributed by atoms with van der Waals surface area (Å²) in [7, 11) is 0. The van der Waals surface area contributed by atoms with Gasteiger partial charge < -0.3 is 16.4 Å². The minimum absolute atomic E-state index is 0.0249. The van der Waals surface area contributed by atoms with Crippen molar-refractivity contribution in [3.8, 4) is 0 Å². The lowest BCUT2D eigenvalue weighted by Crippen LogP contribution is -2.29. The number of fused-ring (bicyclic) bond motifs is 2. The molecule has 8 nitrogen and oxygen atoms in total. The highest BCUT2D eigenvalue weighted by atomic mass is 35.5. The SMILES string of the molecule is CC(=O)NC[C@H]1CC[C@H](c2nc(C3Cc4cccc(Cl)c4N3)c3c(N)ncnn32)CC1. The first-order chi connectivity index (χ1) is 15.0. The van der Waals surface area contributed by atoms with Gasteiger partial charge in [-0.3, -0.25) is 4.79 Å². The van der Waals surface area contributed by atoms with Crippen LogP contribution in [-0.2, 0) is 11.2 Å². The number of amides is 1. The molecule has 1 atom stereocenters. The largest absolute Gasteiger partial charge is 0.382 e. The number of hydrogen-bond acceptors (Lipinski definition) is 6. The third-order valence-corrected chi connectivity index (χ3v) is 6.85. The number of rotatable bonds is 4. The number of anilines is 2. The van der Waals surface area contributed by atoms with Gasteiger partial charge in [0.1, 0.15) is 17.7 Å². The summed E-state index contributed by atoms with van der Waals surface area (Å²) in [5.74, 6) is 2.23. The van der Waals surface area contributed by atoms with Crippen molar-refractivity contribution < 1.29 is 4.79 Å². The molecular formula is C22H26ClN7O. The van der Waals surface area contributed by atoms with Crippen molar-refractivity contribution in [2.75, 3.05) is 17.6 Å². The molecule has 1 saturated carbocycles. The molecule has 0 saturated heterocycles. The number of imidazole rings is 1. The standard InChI is InChI=1S/C22H26ClN7O/c1-12(31)25-10-13-5-7-14(8-6-13)22-29-19(20-21(24)26-11-27-30(20)22)17-9-15-3-2-4-16(23)18(15)28-17/h2-4,11,13-14,17,28H,5-10H2,1H3,(H,25,31)(H2,24,26,27)/t13-,14-,17?. The van der Waals surface area contributed by atoms with Gasteiger partial charge in [-0.2, -0.15) is 5.10 Å². The van der Waals surface area contributed by atoms with Crippen molar-refractivity contribution in [1.29, 1.82) is 0 Å². The van der Waals surface area contributed by atoms with E-state index in [0.29, 0.717) is 22.7 Å². The normalized spacial score (nSPS) is 22.8. The first-order valence-corrected chi connectivity index (χ1v) is 11.2. The topological polar surface area (TPSA) is 110 Å². The first-order valence-electron chi connectivity index (χ1n) is 10.8. The van der Waals surface area contributed by atoms with Crippen LogP contribution in [-0.4, -0.2) is 32.0 Å². The van der Waals surface area contributed by atoms with E-state index >= 15 is 0 Å². The molecule has 1 fully saturated rings. The number of nitrogens with zero attached hydrogens (tertiary/aromatic N) is 4. The second kappa shape index (κ2) is 8.00. The van der Waals surface area contributed by atoms with E-state index in [1.54, 1.807) is 6.92 Å². The summed E-state index contributed by atoms with van der Waals surface area (Å²) >= 11 is 6.39. The first kappa shape index (κ1) is 20.1. The average Bonchev–Trinajstić information content (AvgIpc) is 3.36. The van der Waals surface area contributed by atoms with E-state index < -0.39 is 0 Å². The number of carbonyl (C=O) groups excluding carboxylic acids is 1. The van der Waals surface area contributed by atoms with Crippen LogP contribution in [0, 0.1) is 5.92 Å². The van der Waals surface area contributed by atoms with Gasteiger partial charge in [0, 0.05) is 25.8 Å². The fourth-order valence-electron chi connectivity index (χ4n) is 4.93. The summed E-state index contributed by atoms with van der Waals surface area (Å²) < 4.78 is 1.88. The number of para-hydroxylation sites is 1. The Bertz CT molecular complexity index is 1140. The number of nitrogen functional groups attached to an aromatic ring is 1. The Morgan fingerprint density at radius 2 is 2.13 bits per heavy atom. The van der Waals surface area contributed by atoms with E-state index in [9.17, 15) is 4.79 Å². The highest BCUT2D eigenvalue weighted by Crippen LogP contribution is 2.42. The molecule has 3 aromatic rings. The van der Waals surface area contributed by atoms with Crippen molar-refractivity contribution in [3.63, 3.8) is 0 Å². The van der Waals surface area contributed by atoms with Gasteiger partial charge in [-0.1, -0.05) is 23.7 Å². The Labute approximate surface area is 185 Å². The highest BCUT2D eigenvalue weighted by molar-refractivity contribution is 6.33. The maximum atomic E-state index is 11.2. The van der Waals surface area contributed by atoms with Gasteiger partial charge in [0.15, 0.2) is 5.82 Å². The molecule has 1 amide bonds. The van der Waals surface area contributed by atoms with E-state index in [-0.39, 0.29) is 11.9 Å². The van der Waals surface area contributed by atoms with Crippen LogP contribution in [0.1, 0.15) is 61.6 Å². The number of halogens is 1. The van der Waals surface area contributed by atoms with Gasteiger partial charge in [-0.15, -0.1) is 0 Å². The van der Waals surface area contributed by atoms with E-state index in [1.807, 2.05) is 16.6 Å². The summed E-state index contributed by atoms with van der Waals surface area (Å²) in [6.07, 6.45) is 6.41. The molecule has 4 N–H and O–H groups in total. The average molecular weight is 440 g/mol. The Hall–Kier alpha value is -2.87. The maximum absolute atomic E-state index is 11.2. The molecule has 1 aliphatic carbocycles. The molecule has 1 aromatic carbocycles. The van der Waals surface area contributed by atoms with Gasteiger partial charge in [0.05, 0.1) is 22.4 Å². The highest BCUT2D eigenvalue weighted by Gasteiger charge is 2.32. The lowest BCUT2D eigenvalue weighted by Gasteiger charge is -2.27. The molecule has 5 rings (SSSR count). The zero-order valence-electron chi connectivity index (χ0n) is 17.4. The second-order valence-electron chi connectivity index (χ2n) is 8.59. The molecule has 9 heteroatoms. The Morgan fingerprint density at radius 1 is 1.32 bits per heavy atom. The third kappa shape index (κ3) is 3.69. The summed E-state index contributed by atoms with van der Waals surface area (Å²) in [5.41, 5.74) is 10.1. The minimum Gasteiger partial charge on any atom is -0.382 e. The van der Waals surface area contributed by atoms with Crippen molar-refractivity contribution >= 4 is 34.5 Å². The summed E-state index contributed by atoms with van der Waals surface area (Å²) in [6, 6.07) is 5.93. The molecule has 1 unspecified atom stereocenters. The zero-order valence-corrected chi connectivity index (χ0v) is 18.2. The molecule has 3 heterocycles. The number of nitrogens with one attached hydrogen (secondary N) is 2. The fraction of sp³-hybridized carbons (Fsp3) is 0.455. The summed E-state index contributed by atoms with van der Waals surface area (Å²) in [6.45, 7) is 2.31. The van der Waals surface area contributed by atoms with Gasteiger partial charge in [-0.25, -0.2) is 14.5 Å². The van der Waals surface area contributed by atoms with Crippen LogP contribution in [0.2, 0.25) is 5.02 Å². The van der Waals surface area contributed by atoms with E-state index in [1.165, 1.54) is 11.9 Å². The van der Waals surface area contributed by atoms with Crippen LogP contribution < -0.4 is 16.4 Å². The lowest BCUT2D eigenvalue weighted by atomic mass is 9.81. The van der Waals surface area contributed by atoms with Crippen molar-refractivity contribution in [2.45, 2.75) is 51.0 Å². The van der Waals surface area contributed by atoms with Crippen molar-refractivity contribution in [2.24, 2.45) is 5.92 Å². The molecule has 2 aliphatic rings. The van der Waals surface area contributed by atoms with Gasteiger partial charge in [0.2, 0.25) is 5.91 Å². The quantitative estimate of drug-likeness (QED) is 0.574. The summed E-state index contributed by atoms with van der Waals surface area (Å²) in [4.78, 5) is 20.5. The lowest BCUT2D eigenvalue weighted by molar-refractivity contribution is -0.119. The van der Waals surface area contributed by atoms with Gasteiger partial charge in [0.25, 0.3) is 0 Å². The molecule has 0 spiro atoms. The van der Waals surface area contributed by atoms with Gasteiger partial charge >= 0.3 is 0 Å². The van der Waals surface area contributed by atoms with Crippen LogP contribution in [0.15, 0.2) is 24.5 Å². The molecule has 0 bridgehead atoms. The Balaban J connectivity index is 1.43. The predicted octanol–water partition coefficient (Wildman–Crippen LogP) is 3.48. The van der Waals surface area contributed by atoms with Crippen LogP contribution >= 0.6 is 11.6 Å². The second-order valence-corrected chi connectivity index (χ2v) is 9.00. The molecular weight excluding hydrogens is 414 g/mol. The van der Waals surface area contributed by atoms with E-state index in [4.69, 9.17) is 22.3 Å². The smallest absolute Gasteiger partial charge is 0.216 e. The van der Waals surface area contributed by atoms with Crippen LogP contribution in [0.4, 0.5) is 11.5 Å². The third-order valence-electron chi connectivity index (χ3n) is 6.54. The van der Waals surface area contributed by atoms with Crippen molar-refractivity contribution in [3.05, 3.63) is 46.6 Å². The molecule has 31 heavy (non-hydrogen) atoms. The van der Waals surface area contributed by atoms with Gasteiger partial charge in [-0.05, 0) is 43.2 Å². The number of aromatic nitrogens is 4.